The monoisotopic (exact) mass is 332 g/mol. The number of carbonyl (C=O) groups excluding carboxylic acids is 1. The first-order valence-electron chi connectivity index (χ1n) is 7.40. The highest BCUT2D eigenvalue weighted by atomic mass is 35.5. The molecular weight excluding hydrogens is 316 g/mol. The molecule has 1 aliphatic heterocycles. The largest absolute Gasteiger partial charge is 0.382 e. The molecule has 2 aromatic rings. The van der Waals surface area contributed by atoms with E-state index in [0.717, 1.165) is 23.5 Å². The minimum Gasteiger partial charge on any atom is -0.382 e. The van der Waals surface area contributed by atoms with Crippen LogP contribution in [0, 0.1) is 6.92 Å². The minimum absolute atomic E-state index is 0.244. The van der Waals surface area contributed by atoms with Gasteiger partial charge in [-0.25, -0.2) is 0 Å². The Balaban J connectivity index is 1.66. The van der Waals surface area contributed by atoms with Crippen molar-refractivity contribution >= 4 is 28.9 Å². The topological polar surface area (TPSA) is 68.5 Å². The number of halogens is 1. The van der Waals surface area contributed by atoms with Gasteiger partial charge < -0.3 is 10.2 Å². The van der Waals surface area contributed by atoms with Gasteiger partial charge in [0.1, 0.15) is 0 Å². The third kappa shape index (κ3) is 3.37. The third-order valence-corrected chi connectivity index (χ3v) is 3.87. The molecule has 7 heteroatoms. The van der Waals surface area contributed by atoms with Crippen molar-refractivity contribution in [1.82, 2.24) is 9.78 Å². The maximum Gasteiger partial charge on any atom is 0.268 e. The molecule has 3 rings (SSSR count). The van der Waals surface area contributed by atoms with Crippen LogP contribution in [0.1, 0.15) is 24.6 Å². The number of anilines is 1. The average molecular weight is 333 g/mol. The zero-order valence-corrected chi connectivity index (χ0v) is 13.7. The maximum atomic E-state index is 12.3. The van der Waals surface area contributed by atoms with Gasteiger partial charge in [-0.1, -0.05) is 22.8 Å². The molecule has 0 saturated carbocycles. The van der Waals surface area contributed by atoms with Gasteiger partial charge in [-0.05, 0) is 32.0 Å². The first-order chi connectivity index (χ1) is 11.1. The van der Waals surface area contributed by atoms with E-state index in [1.54, 1.807) is 24.3 Å². The van der Waals surface area contributed by atoms with Crippen molar-refractivity contribution in [3.05, 3.63) is 46.7 Å². The van der Waals surface area contributed by atoms with Gasteiger partial charge >= 0.3 is 0 Å². The fraction of sp³-hybridized carbons (Fsp3) is 0.312. The van der Waals surface area contributed by atoms with Crippen LogP contribution < -0.4 is 5.32 Å². The summed E-state index contributed by atoms with van der Waals surface area (Å²) in [6.07, 6.45) is 1.70. The molecule has 0 spiro atoms. The Morgan fingerprint density at radius 2 is 2.35 bits per heavy atom. The van der Waals surface area contributed by atoms with Crippen molar-refractivity contribution in [2.24, 2.45) is 5.16 Å². The Kier molecular flexibility index (Phi) is 4.34. The van der Waals surface area contributed by atoms with Crippen molar-refractivity contribution < 1.29 is 9.63 Å². The summed E-state index contributed by atoms with van der Waals surface area (Å²) in [5.74, 6) is -0.244. The Labute approximate surface area is 139 Å². The quantitative estimate of drug-likeness (QED) is 0.935. The summed E-state index contributed by atoms with van der Waals surface area (Å²) in [5.41, 5.74) is 3.18. The number of aromatic nitrogens is 2. The first-order valence-corrected chi connectivity index (χ1v) is 7.78. The molecule has 1 aromatic carbocycles. The Morgan fingerprint density at radius 1 is 1.52 bits per heavy atom. The van der Waals surface area contributed by atoms with Crippen LogP contribution in [0.2, 0.25) is 5.02 Å². The highest BCUT2D eigenvalue weighted by Crippen LogP contribution is 2.21. The lowest BCUT2D eigenvalue weighted by molar-refractivity contribution is -0.125. The summed E-state index contributed by atoms with van der Waals surface area (Å²) in [4.78, 5) is 17.6. The molecule has 2 heterocycles. The Hall–Kier alpha value is -2.34. The predicted molar refractivity (Wildman–Crippen MR) is 88.7 cm³/mol. The van der Waals surface area contributed by atoms with E-state index in [4.69, 9.17) is 16.4 Å². The van der Waals surface area contributed by atoms with Crippen LogP contribution in [-0.2, 0) is 16.2 Å². The van der Waals surface area contributed by atoms with Crippen molar-refractivity contribution in [2.45, 2.75) is 32.9 Å². The molecule has 0 fully saturated rings. The second kappa shape index (κ2) is 6.42. The van der Waals surface area contributed by atoms with Crippen molar-refractivity contribution in [1.29, 1.82) is 0 Å². The number of amides is 1. The van der Waals surface area contributed by atoms with E-state index in [1.165, 1.54) is 0 Å². The molecule has 120 valence electrons. The second-order valence-corrected chi connectivity index (χ2v) is 5.76. The standard InChI is InChI=1S/C16H17ClN4O2/c1-3-21-9-13(10(2)19-21)14-8-15(23-20-14)16(22)18-12-6-4-5-11(17)7-12/h4-7,9,15H,3,8H2,1-2H3,(H,18,22). The number of hydrogen-bond donors (Lipinski definition) is 1. The van der Waals surface area contributed by atoms with Crippen LogP contribution in [0.15, 0.2) is 35.6 Å². The van der Waals surface area contributed by atoms with E-state index in [1.807, 2.05) is 24.7 Å². The zero-order chi connectivity index (χ0) is 16.4. The van der Waals surface area contributed by atoms with Crippen molar-refractivity contribution in [3.63, 3.8) is 0 Å². The van der Waals surface area contributed by atoms with Gasteiger partial charge in [-0.2, -0.15) is 5.10 Å². The lowest BCUT2D eigenvalue weighted by atomic mass is 10.1. The molecule has 0 aliphatic carbocycles. The number of nitrogens with one attached hydrogen (secondary N) is 1. The van der Waals surface area contributed by atoms with Crippen LogP contribution in [0.4, 0.5) is 5.69 Å². The smallest absolute Gasteiger partial charge is 0.268 e. The highest BCUT2D eigenvalue weighted by molar-refractivity contribution is 6.30. The SMILES string of the molecule is CCn1cc(C2=NOC(C(=O)Nc3cccc(Cl)c3)C2)c(C)n1. The molecule has 0 bridgehead atoms. The molecule has 1 aliphatic rings. The van der Waals surface area contributed by atoms with Crippen molar-refractivity contribution in [2.75, 3.05) is 5.32 Å². The summed E-state index contributed by atoms with van der Waals surface area (Å²) in [6.45, 7) is 4.72. The number of aryl methyl sites for hydroxylation is 2. The normalized spacial score (nSPS) is 16.8. The summed E-state index contributed by atoms with van der Waals surface area (Å²) >= 11 is 5.91. The van der Waals surface area contributed by atoms with Gasteiger partial charge in [-0.15, -0.1) is 0 Å². The maximum absolute atomic E-state index is 12.3. The van der Waals surface area contributed by atoms with Crippen LogP contribution in [0.3, 0.4) is 0 Å². The molecule has 1 aromatic heterocycles. The first kappa shape index (κ1) is 15.6. The lowest BCUT2D eigenvalue weighted by Crippen LogP contribution is -2.28. The van der Waals surface area contributed by atoms with Gasteiger partial charge in [-0.3, -0.25) is 9.48 Å². The lowest BCUT2D eigenvalue weighted by Gasteiger charge is -2.09. The van der Waals surface area contributed by atoms with Gasteiger partial charge in [0.05, 0.1) is 11.4 Å². The van der Waals surface area contributed by atoms with Crippen LogP contribution >= 0.6 is 11.6 Å². The van der Waals surface area contributed by atoms with Gasteiger partial charge in [0.15, 0.2) is 0 Å². The number of hydrogen-bond acceptors (Lipinski definition) is 4. The fourth-order valence-corrected chi connectivity index (χ4v) is 2.62. The third-order valence-electron chi connectivity index (χ3n) is 3.63. The number of carbonyl (C=O) groups is 1. The van der Waals surface area contributed by atoms with Crippen molar-refractivity contribution in [3.8, 4) is 0 Å². The number of oxime groups is 1. The summed E-state index contributed by atoms with van der Waals surface area (Å²) in [7, 11) is 0. The second-order valence-electron chi connectivity index (χ2n) is 5.32. The molecule has 1 unspecified atom stereocenters. The molecule has 6 nitrogen and oxygen atoms in total. The van der Waals surface area contributed by atoms with Gasteiger partial charge in [0, 0.05) is 35.4 Å². The summed E-state index contributed by atoms with van der Waals surface area (Å²) in [5, 5.41) is 11.8. The minimum atomic E-state index is -0.645. The van der Waals surface area contributed by atoms with E-state index < -0.39 is 6.10 Å². The molecule has 1 atom stereocenters. The molecule has 1 N–H and O–H groups in total. The Bertz CT molecular complexity index is 769. The van der Waals surface area contributed by atoms with Crippen LogP contribution in [0.5, 0.6) is 0 Å². The number of nitrogens with zero attached hydrogens (tertiary/aromatic N) is 3. The van der Waals surface area contributed by atoms with Crippen LogP contribution in [0.25, 0.3) is 0 Å². The van der Waals surface area contributed by atoms with Gasteiger partial charge in [0.2, 0.25) is 6.10 Å². The number of rotatable bonds is 4. The highest BCUT2D eigenvalue weighted by Gasteiger charge is 2.30. The number of benzene rings is 1. The average Bonchev–Trinajstić information content (AvgIpc) is 3.13. The summed E-state index contributed by atoms with van der Waals surface area (Å²) < 4.78 is 1.84. The zero-order valence-electron chi connectivity index (χ0n) is 12.9. The summed E-state index contributed by atoms with van der Waals surface area (Å²) in [6, 6.07) is 6.98. The van der Waals surface area contributed by atoms with E-state index in [9.17, 15) is 4.79 Å². The fourth-order valence-electron chi connectivity index (χ4n) is 2.43. The van der Waals surface area contributed by atoms with E-state index in [0.29, 0.717) is 17.1 Å². The van der Waals surface area contributed by atoms with E-state index in [2.05, 4.69) is 15.6 Å². The molecule has 0 saturated heterocycles. The molecular formula is C16H17ClN4O2. The van der Waals surface area contributed by atoms with Gasteiger partial charge in [0.25, 0.3) is 5.91 Å². The Morgan fingerprint density at radius 3 is 3.04 bits per heavy atom. The van der Waals surface area contributed by atoms with E-state index in [-0.39, 0.29) is 5.91 Å². The van der Waals surface area contributed by atoms with E-state index >= 15 is 0 Å². The predicted octanol–water partition coefficient (Wildman–Crippen LogP) is 3.00. The van der Waals surface area contributed by atoms with Crippen LogP contribution in [-0.4, -0.2) is 27.5 Å². The molecule has 0 radical (unpaired) electrons. The molecule has 1 amide bonds. The molecule has 23 heavy (non-hydrogen) atoms.